The molecule has 0 unspecified atom stereocenters. The van der Waals surface area contributed by atoms with Crippen LogP contribution in [0, 0.1) is 11.6 Å². The molecule has 4 aromatic rings. The van der Waals surface area contributed by atoms with Crippen molar-refractivity contribution in [1.29, 1.82) is 0 Å². The Morgan fingerprint density at radius 2 is 1.97 bits per heavy atom. The molecule has 156 valence electrons. The molecule has 2 saturated heterocycles. The highest BCUT2D eigenvalue weighted by molar-refractivity contribution is 6.36. The maximum atomic E-state index is 15.7. The fourth-order valence-corrected chi connectivity index (χ4v) is 5.13. The number of aromatic nitrogens is 3. The van der Waals surface area contributed by atoms with Gasteiger partial charge in [-0.15, -0.1) is 0 Å². The molecule has 0 radical (unpaired) electrons. The van der Waals surface area contributed by atoms with Gasteiger partial charge in [0.05, 0.1) is 10.4 Å². The van der Waals surface area contributed by atoms with Crippen LogP contribution in [0.5, 0.6) is 0 Å². The van der Waals surface area contributed by atoms with E-state index in [0.717, 1.165) is 19.5 Å². The normalized spacial score (nSPS) is 20.3. The quantitative estimate of drug-likeness (QED) is 0.430. The average molecular weight is 458 g/mol. The number of pyridine rings is 1. The van der Waals surface area contributed by atoms with Gasteiger partial charge in [0.2, 0.25) is 5.28 Å². The highest BCUT2D eigenvalue weighted by atomic mass is 35.5. The van der Waals surface area contributed by atoms with Gasteiger partial charge in [-0.1, -0.05) is 35.9 Å². The molecule has 0 saturated carbocycles. The van der Waals surface area contributed by atoms with E-state index in [9.17, 15) is 4.39 Å². The van der Waals surface area contributed by atoms with Crippen molar-refractivity contribution in [2.75, 3.05) is 18.0 Å². The van der Waals surface area contributed by atoms with Crippen LogP contribution in [0.1, 0.15) is 6.42 Å². The van der Waals surface area contributed by atoms with E-state index in [2.05, 4.69) is 25.2 Å². The third-order valence-electron chi connectivity index (χ3n) is 6.20. The van der Waals surface area contributed by atoms with Crippen molar-refractivity contribution in [2.45, 2.75) is 18.5 Å². The molecule has 6 rings (SSSR count). The van der Waals surface area contributed by atoms with Gasteiger partial charge in [-0.3, -0.25) is 4.98 Å². The monoisotopic (exact) mass is 457 g/mol. The van der Waals surface area contributed by atoms with Crippen molar-refractivity contribution >= 4 is 50.7 Å². The van der Waals surface area contributed by atoms with Crippen LogP contribution >= 0.6 is 23.2 Å². The number of halogens is 4. The first-order valence-electron chi connectivity index (χ1n) is 9.92. The zero-order valence-corrected chi connectivity index (χ0v) is 17.6. The van der Waals surface area contributed by atoms with Crippen LogP contribution in [0.4, 0.5) is 14.6 Å². The molecule has 0 aliphatic carbocycles. The number of benzene rings is 2. The lowest BCUT2D eigenvalue weighted by atomic mass is 9.97. The lowest BCUT2D eigenvalue weighted by Crippen LogP contribution is -2.61. The standard InChI is InChI=1S/C22H15Cl2F2N5/c23-17-13(25)5-4-10-2-1-3-11(16(10)17)19-18(26)20-12(8-28-19)21(30-22(24)29-20)31-9-14-15(31)6-7-27-14/h1-5,8,14-15,27H,6-7,9H2/t14-,15-/m1/s1. The zero-order valence-electron chi connectivity index (χ0n) is 16.0. The van der Waals surface area contributed by atoms with Gasteiger partial charge in [0.25, 0.3) is 0 Å². The first-order valence-corrected chi connectivity index (χ1v) is 10.7. The van der Waals surface area contributed by atoms with Crippen LogP contribution in [0.25, 0.3) is 32.9 Å². The van der Waals surface area contributed by atoms with Crippen LogP contribution in [0.2, 0.25) is 10.3 Å². The van der Waals surface area contributed by atoms with Gasteiger partial charge < -0.3 is 10.2 Å². The number of hydrogen-bond donors (Lipinski definition) is 1. The Hall–Kier alpha value is -2.61. The van der Waals surface area contributed by atoms with Crippen LogP contribution < -0.4 is 10.2 Å². The summed E-state index contributed by atoms with van der Waals surface area (Å²) in [6, 6.07) is 8.81. The highest BCUT2D eigenvalue weighted by Crippen LogP contribution is 2.39. The van der Waals surface area contributed by atoms with E-state index in [1.54, 1.807) is 30.5 Å². The molecule has 0 spiro atoms. The van der Waals surface area contributed by atoms with E-state index in [0.29, 0.717) is 39.6 Å². The molecule has 1 N–H and O–H groups in total. The van der Waals surface area contributed by atoms with Crippen molar-refractivity contribution < 1.29 is 8.78 Å². The number of nitrogens with zero attached hydrogens (tertiary/aromatic N) is 4. The summed E-state index contributed by atoms with van der Waals surface area (Å²) in [5.41, 5.74) is 0.510. The first-order chi connectivity index (χ1) is 15.0. The van der Waals surface area contributed by atoms with Crippen molar-refractivity contribution in [1.82, 2.24) is 20.3 Å². The van der Waals surface area contributed by atoms with Crippen LogP contribution in [0.3, 0.4) is 0 Å². The van der Waals surface area contributed by atoms with Gasteiger partial charge in [-0.05, 0) is 36.0 Å². The molecule has 31 heavy (non-hydrogen) atoms. The van der Waals surface area contributed by atoms with Gasteiger partial charge in [0.1, 0.15) is 22.8 Å². The minimum atomic E-state index is -0.641. The van der Waals surface area contributed by atoms with E-state index in [-0.39, 0.29) is 21.5 Å². The molecular formula is C22H15Cl2F2N5. The SMILES string of the molecule is Fc1ccc2cccc(-c3ncc4c(N5C[C@H]6NCC[C@H]65)nc(Cl)nc4c3F)c2c1Cl. The summed E-state index contributed by atoms with van der Waals surface area (Å²) in [4.78, 5) is 15.0. The zero-order chi connectivity index (χ0) is 21.3. The van der Waals surface area contributed by atoms with E-state index in [1.165, 1.54) is 6.07 Å². The van der Waals surface area contributed by atoms with Gasteiger partial charge in [0, 0.05) is 35.8 Å². The first kappa shape index (κ1) is 19.1. The molecule has 0 bridgehead atoms. The second-order valence-corrected chi connectivity index (χ2v) is 8.55. The lowest BCUT2D eigenvalue weighted by Gasteiger charge is -2.45. The minimum absolute atomic E-state index is 0.0325. The minimum Gasteiger partial charge on any atom is -0.350 e. The second-order valence-electron chi connectivity index (χ2n) is 7.83. The van der Waals surface area contributed by atoms with Crippen molar-refractivity contribution in [3.05, 3.63) is 58.5 Å². The number of nitrogens with one attached hydrogen (secondary N) is 1. The van der Waals surface area contributed by atoms with Crippen molar-refractivity contribution in [3.63, 3.8) is 0 Å². The summed E-state index contributed by atoms with van der Waals surface area (Å²) in [5.74, 6) is -0.634. The maximum absolute atomic E-state index is 15.7. The fourth-order valence-electron chi connectivity index (χ4n) is 4.69. The molecule has 9 heteroatoms. The molecule has 4 heterocycles. The lowest BCUT2D eigenvalue weighted by molar-refractivity contribution is 0.394. The molecule has 2 aliphatic heterocycles. The summed E-state index contributed by atoms with van der Waals surface area (Å²) in [7, 11) is 0. The molecule has 2 atom stereocenters. The number of anilines is 1. The Morgan fingerprint density at radius 3 is 2.81 bits per heavy atom. The number of fused-ring (bicyclic) bond motifs is 3. The Kier molecular flexibility index (Phi) is 4.28. The third kappa shape index (κ3) is 2.80. The third-order valence-corrected chi connectivity index (χ3v) is 6.74. The largest absolute Gasteiger partial charge is 0.350 e. The predicted octanol–water partition coefficient (Wildman–Crippen LogP) is 4.98. The second kappa shape index (κ2) is 6.95. The summed E-state index contributed by atoms with van der Waals surface area (Å²) < 4.78 is 29.9. The molecular weight excluding hydrogens is 443 g/mol. The summed E-state index contributed by atoms with van der Waals surface area (Å²) >= 11 is 12.4. The molecule has 5 nitrogen and oxygen atoms in total. The maximum Gasteiger partial charge on any atom is 0.225 e. The van der Waals surface area contributed by atoms with E-state index in [4.69, 9.17) is 23.2 Å². The van der Waals surface area contributed by atoms with E-state index in [1.807, 2.05) is 0 Å². The van der Waals surface area contributed by atoms with Crippen molar-refractivity contribution in [3.8, 4) is 11.3 Å². The molecule has 2 aliphatic rings. The Bertz CT molecular complexity index is 1380. The highest BCUT2D eigenvalue weighted by Gasteiger charge is 2.43. The summed E-state index contributed by atoms with van der Waals surface area (Å²) in [5, 5.41) is 4.91. The topological polar surface area (TPSA) is 53.9 Å². The Labute approximate surface area is 186 Å². The Morgan fingerprint density at radius 1 is 1.10 bits per heavy atom. The van der Waals surface area contributed by atoms with E-state index >= 15 is 4.39 Å². The van der Waals surface area contributed by atoms with Gasteiger partial charge >= 0.3 is 0 Å². The van der Waals surface area contributed by atoms with Gasteiger partial charge in [-0.2, -0.15) is 4.98 Å². The fraction of sp³-hybridized carbons (Fsp3) is 0.227. The molecule has 0 amide bonds. The average Bonchev–Trinajstić information content (AvgIpc) is 3.11. The Balaban J connectivity index is 1.57. The van der Waals surface area contributed by atoms with Crippen LogP contribution in [0.15, 0.2) is 36.5 Å². The number of rotatable bonds is 2. The molecule has 2 aromatic heterocycles. The van der Waals surface area contributed by atoms with E-state index < -0.39 is 11.6 Å². The predicted molar refractivity (Wildman–Crippen MR) is 118 cm³/mol. The van der Waals surface area contributed by atoms with Crippen LogP contribution in [-0.2, 0) is 0 Å². The van der Waals surface area contributed by atoms with Crippen LogP contribution in [-0.4, -0.2) is 40.1 Å². The van der Waals surface area contributed by atoms with Crippen molar-refractivity contribution in [2.24, 2.45) is 0 Å². The van der Waals surface area contributed by atoms with Gasteiger partial charge in [-0.25, -0.2) is 13.8 Å². The summed E-state index contributed by atoms with van der Waals surface area (Å²) in [6.07, 6.45) is 2.54. The molecule has 2 aromatic carbocycles. The molecule has 2 fully saturated rings. The smallest absolute Gasteiger partial charge is 0.225 e. The van der Waals surface area contributed by atoms with Gasteiger partial charge in [0.15, 0.2) is 5.82 Å². The number of hydrogen-bond acceptors (Lipinski definition) is 5. The summed E-state index contributed by atoms with van der Waals surface area (Å²) in [6.45, 7) is 1.71.